The van der Waals surface area contributed by atoms with Gasteiger partial charge in [-0.15, -0.1) is 0 Å². The molecule has 4 rings (SSSR count). The Bertz CT molecular complexity index is 1010. The van der Waals surface area contributed by atoms with Crippen molar-refractivity contribution in [2.45, 2.75) is 82.8 Å². The van der Waals surface area contributed by atoms with E-state index in [1.165, 1.54) is 57.8 Å². The molecule has 2 aromatic carbocycles. The van der Waals surface area contributed by atoms with Crippen molar-refractivity contribution >= 4 is 0 Å². The molecule has 2 saturated carbocycles. The molecule has 0 aliphatic heterocycles. The number of ether oxygens (including phenoxy) is 2. The smallest absolute Gasteiger partial charge is 0.119 e. The van der Waals surface area contributed by atoms with Gasteiger partial charge in [-0.3, -0.25) is 0 Å². The van der Waals surface area contributed by atoms with Crippen LogP contribution in [0.15, 0.2) is 48.5 Å². The van der Waals surface area contributed by atoms with E-state index in [1.807, 2.05) is 62.6 Å². The average molecular weight is 567 g/mol. The fraction of sp³-hybridized carbons (Fsp3) is 0.657. The minimum absolute atomic E-state index is 0.465. The minimum atomic E-state index is -0.481. The van der Waals surface area contributed by atoms with Crippen molar-refractivity contribution in [3.63, 3.8) is 0 Å². The minimum Gasteiger partial charge on any atom is -0.493 e. The number of hydrogen-bond donors (Lipinski definition) is 3. The topological polar surface area (TPSA) is 74.2 Å². The summed E-state index contributed by atoms with van der Waals surface area (Å²) >= 11 is 0. The van der Waals surface area contributed by atoms with Gasteiger partial charge in [-0.25, -0.2) is 0 Å². The molecule has 2 aliphatic carbocycles. The molecule has 6 heteroatoms. The highest BCUT2D eigenvalue weighted by atomic mass is 16.5. The Morgan fingerprint density at radius 3 is 2.00 bits per heavy atom. The Hall–Kier alpha value is -2.12. The largest absolute Gasteiger partial charge is 0.493 e. The van der Waals surface area contributed by atoms with Gasteiger partial charge in [0.2, 0.25) is 0 Å². The van der Waals surface area contributed by atoms with Gasteiger partial charge in [-0.2, -0.15) is 0 Å². The Balaban J connectivity index is 1.13. The lowest BCUT2D eigenvalue weighted by molar-refractivity contribution is 0.152. The zero-order valence-electron chi connectivity index (χ0n) is 25.5. The van der Waals surface area contributed by atoms with E-state index in [0.717, 1.165) is 55.5 Å². The second-order valence-electron chi connectivity index (χ2n) is 12.8. The van der Waals surface area contributed by atoms with Gasteiger partial charge in [0.05, 0.1) is 25.4 Å². The third-order valence-electron chi connectivity index (χ3n) is 8.95. The van der Waals surface area contributed by atoms with Crippen molar-refractivity contribution in [2.24, 2.45) is 17.8 Å². The van der Waals surface area contributed by atoms with Crippen molar-refractivity contribution < 1.29 is 19.7 Å². The molecule has 0 aromatic heterocycles. The maximum Gasteiger partial charge on any atom is 0.119 e. The van der Waals surface area contributed by atoms with Crippen LogP contribution in [0, 0.1) is 17.8 Å². The SMILES string of the molecule is CN(C)CCC(O)c1cccc(OCC2CCCC(CNCCC(O)c3cccc(OCC4CCCCC4)c3)C2)c1. The van der Waals surface area contributed by atoms with Crippen LogP contribution in [0.3, 0.4) is 0 Å². The van der Waals surface area contributed by atoms with Crippen LogP contribution >= 0.6 is 0 Å². The van der Waals surface area contributed by atoms with Crippen molar-refractivity contribution in [3.05, 3.63) is 59.7 Å². The third kappa shape index (κ3) is 11.2. The molecule has 4 atom stereocenters. The molecule has 2 aliphatic rings. The molecular weight excluding hydrogens is 512 g/mol. The third-order valence-corrected chi connectivity index (χ3v) is 8.95. The predicted molar refractivity (Wildman–Crippen MR) is 166 cm³/mol. The van der Waals surface area contributed by atoms with Crippen LogP contribution in [0.5, 0.6) is 11.5 Å². The summed E-state index contributed by atoms with van der Waals surface area (Å²) in [7, 11) is 4.05. The average Bonchev–Trinajstić information content (AvgIpc) is 3.01. The molecule has 0 radical (unpaired) electrons. The molecule has 2 aromatic rings. The number of benzene rings is 2. The summed E-state index contributed by atoms with van der Waals surface area (Å²) in [6.07, 6.45) is 11.9. The molecule has 0 amide bonds. The van der Waals surface area contributed by atoms with E-state index in [9.17, 15) is 10.2 Å². The fourth-order valence-electron chi connectivity index (χ4n) is 6.40. The van der Waals surface area contributed by atoms with Crippen molar-refractivity contribution in [1.82, 2.24) is 10.2 Å². The number of nitrogens with zero attached hydrogens (tertiary/aromatic N) is 1. The van der Waals surface area contributed by atoms with E-state index < -0.39 is 12.2 Å². The Morgan fingerprint density at radius 1 is 0.756 bits per heavy atom. The van der Waals surface area contributed by atoms with Crippen LogP contribution in [0.4, 0.5) is 0 Å². The highest BCUT2D eigenvalue weighted by molar-refractivity contribution is 5.30. The first-order valence-electron chi connectivity index (χ1n) is 16.1. The van der Waals surface area contributed by atoms with Crippen LogP contribution in [0.2, 0.25) is 0 Å². The number of hydrogen-bond acceptors (Lipinski definition) is 6. The normalized spacial score (nSPS) is 21.5. The number of nitrogens with one attached hydrogen (secondary N) is 1. The van der Waals surface area contributed by atoms with Crippen LogP contribution in [0.1, 0.15) is 94.0 Å². The van der Waals surface area contributed by atoms with Crippen molar-refractivity contribution in [3.8, 4) is 11.5 Å². The standard InChI is InChI=1S/C35H54N2O4/c1-37(2)20-18-35(39)31-14-8-16-33(23-31)41-26-29-12-6-11-28(21-29)24-36-19-17-34(38)30-13-7-15-32(22-30)40-25-27-9-4-3-5-10-27/h7-8,13-16,22-23,27-29,34-36,38-39H,3-6,9-12,17-21,24-26H2,1-2H3. The van der Waals surface area contributed by atoms with Gasteiger partial charge in [0.25, 0.3) is 0 Å². The first-order valence-corrected chi connectivity index (χ1v) is 16.1. The summed E-state index contributed by atoms with van der Waals surface area (Å²) in [6.45, 7) is 4.16. The maximum absolute atomic E-state index is 10.8. The molecule has 0 bridgehead atoms. The monoisotopic (exact) mass is 566 g/mol. The molecule has 41 heavy (non-hydrogen) atoms. The second kappa shape index (κ2) is 17.1. The summed E-state index contributed by atoms with van der Waals surface area (Å²) in [6, 6.07) is 16.0. The zero-order valence-corrected chi connectivity index (χ0v) is 25.5. The Kier molecular flexibility index (Phi) is 13.3. The van der Waals surface area contributed by atoms with E-state index in [1.54, 1.807) is 0 Å². The Morgan fingerprint density at radius 2 is 1.34 bits per heavy atom. The van der Waals surface area contributed by atoms with Crippen LogP contribution in [-0.2, 0) is 0 Å². The summed E-state index contributed by atoms with van der Waals surface area (Å²) in [5.41, 5.74) is 1.87. The molecule has 6 nitrogen and oxygen atoms in total. The van der Waals surface area contributed by atoms with Gasteiger partial charge in [-0.1, -0.05) is 49.9 Å². The lowest BCUT2D eigenvalue weighted by Gasteiger charge is -2.29. The number of aliphatic hydroxyl groups is 2. The van der Waals surface area contributed by atoms with E-state index in [2.05, 4.69) is 10.2 Å². The van der Waals surface area contributed by atoms with E-state index >= 15 is 0 Å². The number of aliphatic hydroxyl groups excluding tert-OH is 2. The lowest BCUT2D eigenvalue weighted by atomic mass is 9.82. The second-order valence-corrected chi connectivity index (χ2v) is 12.8. The summed E-state index contributed by atoms with van der Waals surface area (Å²) in [4.78, 5) is 2.09. The molecule has 0 saturated heterocycles. The quantitative estimate of drug-likeness (QED) is 0.201. The number of rotatable bonds is 16. The van der Waals surface area contributed by atoms with Gasteiger partial charge in [0, 0.05) is 6.54 Å². The van der Waals surface area contributed by atoms with Crippen LogP contribution in [-0.4, -0.2) is 62.1 Å². The van der Waals surface area contributed by atoms with Crippen LogP contribution < -0.4 is 14.8 Å². The van der Waals surface area contributed by atoms with E-state index in [0.29, 0.717) is 30.6 Å². The maximum atomic E-state index is 10.8. The van der Waals surface area contributed by atoms with Gasteiger partial charge in [0.15, 0.2) is 0 Å². The first-order chi connectivity index (χ1) is 20.0. The molecule has 3 N–H and O–H groups in total. The van der Waals surface area contributed by atoms with E-state index in [4.69, 9.17) is 9.47 Å². The van der Waals surface area contributed by atoms with Gasteiger partial charge >= 0.3 is 0 Å². The van der Waals surface area contributed by atoms with Gasteiger partial charge in [-0.05, 0) is 125 Å². The molecule has 4 unspecified atom stereocenters. The lowest BCUT2D eigenvalue weighted by Crippen LogP contribution is -2.30. The highest BCUT2D eigenvalue weighted by Crippen LogP contribution is 2.30. The first kappa shape index (κ1) is 31.8. The highest BCUT2D eigenvalue weighted by Gasteiger charge is 2.23. The zero-order chi connectivity index (χ0) is 28.9. The van der Waals surface area contributed by atoms with Crippen molar-refractivity contribution in [1.29, 1.82) is 0 Å². The van der Waals surface area contributed by atoms with E-state index in [-0.39, 0.29) is 0 Å². The molecule has 228 valence electrons. The van der Waals surface area contributed by atoms with Gasteiger partial charge < -0.3 is 29.9 Å². The van der Waals surface area contributed by atoms with Crippen LogP contribution in [0.25, 0.3) is 0 Å². The summed E-state index contributed by atoms with van der Waals surface area (Å²) < 4.78 is 12.3. The van der Waals surface area contributed by atoms with Crippen molar-refractivity contribution in [2.75, 3.05) is 46.9 Å². The van der Waals surface area contributed by atoms with Gasteiger partial charge in [0.1, 0.15) is 11.5 Å². The molecule has 0 heterocycles. The molecular formula is C35H54N2O4. The summed E-state index contributed by atoms with van der Waals surface area (Å²) in [5.74, 6) is 3.60. The predicted octanol–water partition coefficient (Wildman–Crippen LogP) is 6.53. The molecule has 0 spiro atoms. The Labute approximate surface area is 248 Å². The fourth-order valence-corrected chi connectivity index (χ4v) is 6.40. The summed E-state index contributed by atoms with van der Waals surface area (Å²) in [5, 5.41) is 24.9. The molecule has 2 fully saturated rings.